The van der Waals surface area contributed by atoms with Gasteiger partial charge < -0.3 is 9.84 Å². The van der Waals surface area contributed by atoms with Crippen LogP contribution in [0.4, 0.5) is 0 Å². The van der Waals surface area contributed by atoms with E-state index in [-0.39, 0.29) is 5.57 Å². The first kappa shape index (κ1) is 11.0. The molecule has 15 heavy (non-hydrogen) atoms. The first-order chi connectivity index (χ1) is 7.19. The number of rotatable bonds is 4. The summed E-state index contributed by atoms with van der Waals surface area (Å²) in [4.78, 5) is 10.9. The fraction of sp³-hybridized carbons (Fsp3) is 0.0833. The zero-order valence-electron chi connectivity index (χ0n) is 8.43. The van der Waals surface area contributed by atoms with Gasteiger partial charge in [-0.15, -0.1) is 0 Å². The lowest BCUT2D eigenvalue weighted by molar-refractivity contribution is -0.130. The van der Waals surface area contributed by atoms with Crippen molar-refractivity contribution in [2.75, 3.05) is 7.11 Å². The molecule has 3 nitrogen and oxygen atoms in total. The molecule has 0 saturated carbocycles. The molecule has 1 aromatic carbocycles. The maximum absolute atomic E-state index is 10.9. The van der Waals surface area contributed by atoms with Crippen LogP contribution in [0, 0.1) is 0 Å². The first-order valence-corrected chi connectivity index (χ1v) is 4.39. The van der Waals surface area contributed by atoms with E-state index in [4.69, 9.17) is 9.84 Å². The van der Waals surface area contributed by atoms with E-state index in [0.717, 1.165) is 0 Å². The Hall–Kier alpha value is -2.03. The third-order valence-electron chi connectivity index (χ3n) is 1.92. The molecule has 3 heteroatoms. The monoisotopic (exact) mass is 204 g/mol. The lowest BCUT2D eigenvalue weighted by Crippen LogP contribution is -1.99. The number of carboxylic acid groups (broad SMARTS) is 1. The molecule has 0 unspecified atom stereocenters. The van der Waals surface area contributed by atoms with Crippen LogP contribution in [0.3, 0.4) is 0 Å². The molecule has 0 saturated heterocycles. The lowest BCUT2D eigenvalue weighted by atomic mass is 10.1. The van der Waals surface area contributed by atoms with Crippen LogP contribution in [0.1, 0.15) is 5.56 Å². The standard InChI is InChI=1S/C12H12O3/c1-3-4-11(12(13)14)9-5-7-10(15-2)8-6-9/h3-8H,1H2,2H3,(H,13,14)/b11-4+. The van der Waals surface area contributed by atoms with Crippen LogP contribution in [0.25, 0.3) is 5.57 Å². The number of methoxy groups -OCH3 is 1. The Balaban J connectivity index is 3.07. The predicted octanol–water partition coefficient (Wildman–Crippen LogP) is 2.35. The minimum Gasteiger partial charge on any atom is -0.497 e. The van der Waals surface area contributed by atoms with Gasteiger partial charge in [0.25, 0.3) is 0 Å². The van der Waals surface area contributed by atoms with Crippen LogP contribution in [-0.4, -0.2) is 18.2 Å². The van der Waals surface area contributed by atoms with Gasteiger partial charge in [-0.3, -0.25) is 0 Å². The zero-order valence-corrected chi connectivity index (χ0v) is 8.43. The zero-order chi connectivity index (χ0) is 11.3. The highest BCUT2D eigenvalue weighted by Crippen LogP contribution is 2.18. The SMILES string of the molecule is C=C/C=C(/C(=O)O)c1ccc(OC)cc1. The van der Waals surface area contributed by atoms with Gasteiger partial charge in [0.2, 0.25) is 0 Å². The predicted molar refractivity (Wildman–Crippen MR) is 58.8 cm³/mol. The molecule has 0 fully saturated rings. The van der Waals surface area contributed by atoms with Crippen molar-refractivity contribution in [1.29, 1.82) is 0 Å². The molecule has 0 aliphatic carbocycles. The van der Waals surface area contributed by atoms with E-state index in [0.29, 0.717) is 11.3 Å². The summed E-state index contributed by atoms with van der Waals surface area (Å²) in [6, 6.07) is 6.83. The van der Waals surface area contributed by atoms with Crippen molar-refractivity contribution in [3.05, 3.63) is 48.6 Å². The molecule has 0 aliphatic heterocycles. The van der Waals surface area contributed by atoms with E-state index >= 15 is 0 Å². The largest absolute Gasteiger partial charge is 0.497 e. The second kappa shape index (κ2) is 5.00. The van der Waals surface area contributed by atoms with Crippen LogP contribution >= 0.6 is 0 Å². The fourth-order valence-corrected chi connectivity index (χ4v) is 1.18. The van der Waals surface area contributed by atoms with E-state index < -0.39 is 5.97 Å². The number of benzene rings is 1. The summed E-state index contributed by atoms with van der Waals surface area (Å²) in [5.74, 6) is -0.276. The Kier molecular flexibility index (Phi) is 3.68. The van der Waals surface area contributed by atoms with Gasteiger partial charge in [-0.05, 0) is 23.8 Å². The minimum atomic E-state index is -0.972. The average molecular weight is 204 g/mol. The molecular formula is C12H12O3. The smallest absolute Gasteiger partial charge is 0.336 e. The molecule has 0 aliphatic rings. The highest BCUT2D eigenvalue weighted by atomic mass is 16.5. The molecule has 0 amide bonds. The van der Waals surface area contributed by atoms with Gasteiger partial charge >= 0.3 is 5.97 Å². The van der Waals surface area contributed by atoms with E-state index in [1.807, 2.05) is 0 Å². The molecule has 0 aromatic heterocycles. The third kappa shape index (κ3) is 2.71. The average Bonchev–Trinajstić information content (AvgIpc) is 2.26. The van der Waals surface area contributed by atoms with Crippen molar-refractivity contribution in [2.24, 2.45) is 0 Å². The minimum absolute atomic E-state index is 0.215. The number of hydrogen-bond donors (Lipinski definition) is 1. The molecule has 78 valence electrons. The molecule has 0 spiro atoms. The van der Waals surface area contributed by atoms with E-state index in [2.05, 4.69) is 6.58 Å². The number of carbonyl (C=O) groups is 1. The van der Waals surface area contributed by atoms with Crippen molar-refractivity contribution < 1.29 is 14.6 Å². The number of ether oxygens (including phenoxy) is 1. The third-order valence-corrected chi connectivity index (χ3v) is 1.92. The Morgan fingerprint density at radius 1 is 1.40 bits per heavy atom. The van der Waals surface area contributed by atoms with Crippen molar-refractivity contribution in [1.82, 2.24) is 0 Å². The maximum Gasteiger partial charge on any atom is 0.336 e. The van der Waals surface area contributed by atoms with Crippen LogP contribution in [0.15, 0.2) is 43.0 Å². The summed E-state index contributed by atoms with van der Waals surface area (Å²) in [5.41, 5.74) is 0.843. The number of hydrogen-bond acceptors (Lipinski definition) is 2. The summed E-state index contributed by atoms with van der Waals surface area (Å²) >= 11 is 0. The Labute approximate surface area is 88.3 Å². The first-order valence-electron chi connectivity index (χ1n) is 4.39. The van der Waals surface area contributed by atoms with Crippen LogP contribution in [-0.2, 0) is 4.79 Å². The summed E-state index contributed by atoms with van der Waals surface area (Å²) < 4.78 is 4.98. The second-order valence-corrected chi connectivity index (χ2v) is 2.85. The molecule has 0 heterocycles. The highest BCUT2D eigenvalue weighted by molar-refractivity contribution is 6.15. The second-order valence-electron chi connectivity index (χ2n) is 2.85. The molecular weight excluding hydrogens is 192 g/mol. The van der Waals surface area contributed by atoms with E-state index in [1.165, 1.54) is 12.2 Å². The van der Waals surface area contributed by atoms with E-state index in [1.54, 1.807) is 31.4 Å². The van der Waals surface area contributed by atoms with Crippen LogP contribution in [0.5, 0.6) is 5.75 Å². The van der Waals surface area contributed by atoms with Gasteiger partial charge in [0.05, 0.1) is 12.7 Å². The molecule has 1 rings (SSSR count). The number of aliphatic carboxylic acids is 1. The van der Waals surface area contributed by atoms with Gasteiger partial charge in [-0.25, -0.2) is 4.79 Å². The summed E-state index contributed by atoms with van der Waals surface area (Å²) in [6.07, 6.45) is 2.91. The summed E-state index contributed by atoms with van der Waals surface area (Å²) in [5, 5.41) is 8.94. The Bertz CT molecular complexity index is 388. The van der Waals surface area contributed by atoms with Gasteiger partial charge in [0.1, 0.15) is 5.75 Å². The normalized spacial score (nSPS) is 10.9. The molecule has 0 radical (unpaired) electrons. The molecule has 1 N–H and O–H groups in total. The van der Waals surface area contributed by atoms with E-state index in [9.17, 15) is 4.79 Å². The summed E-state index contributed by atoms with van der Waals surface area (Å²) in [6.45, 7) is 3.48. The Morgan fingerprint density at radius 2 is 2.00 bits per heavy atom. The van der Waals surface area contributed by atoms with Gasteiger partial charge in [0, 0.05) is 0 Å². The topological polar surface area (TPSA) is 46.5 Å². The highest BCUT2D eigenvalue weighted by Gasteiger charge is 2.08. The van der Waals surface area contributed by atoms with Crippen molar-refractivity contribution in [3.8, 4) is 5.75 Å². The number of carboxylic acids is 1. The van der Waals surface area contributed by atoms with Gasteiger partial charge in [0.15, 0.2) is 0 Å². The number of allylic oxidation sites excluding steroid dienone is 2. The summed E-state index contributed by atoms with van der Waals surface area (Å²) in [7, 11) is 1.56. The van der Waals surface area contributed by atoms with Crippen molar-refractivity contribution in [3.63, 3.8) is 0 Å². The molecule has 0 bridgehead atoms. The lowest BCUT2D eigenvalue weighted by Gasteiger charge is -2.03. The van der Waals surface area contributed by atoms with Crippen molar-refractivity contribution in [2.45, 2.75) is 0 Å². The van der Waals surface area contributed by atoms with Crippen molar-refractivity contribution >= 4 is 11.5 Å². The molecule has 0 atom stereocenters. The van der Waals surface area contributed by atoms with Gasteiger partial charge in [-0.1, -0.05) is 24.8 Å². The Morgan fingerprint density at radius 3 is 2.40 bits per heavy atom. The van der Waals surface area contributed by atoms with Gasteiger partial charge in [-0.2, -0.15) is 0 Å². The quantitative estimate of drug-likeness (QED) is 0.605. The van der Waals surface area contributed by atoms with Crippen LogP contribution in [0.2, 0.25) is 0 Å². The maximum atomic E-state index is 10.9. The fourth-order valence-electron chi connectivity index (χ4n) is 1.18. The van der Waals surface area contributed by atoms with Crippen LogP contribution < -0.4 is 4.74 Å². The molecule has 1 aromatic rings.